The Bertz CT molecular complexity index is 539. The first kappa shape index (κ1) is 12.5. The molecule has 0 spiro atoms. The standard InChI is InChI=1S/C13H12BrNOS/c14-12-7-4-8-15(13(12)16)9-10-17-11-5-2-1-3-6-11/h1-8H,9-10H2. The highest BCUT2D eigenvalue weighted by Gasteiger charge is 1.99. The van der Waals surface area contributed by atoms with Crippen molar-refractivity contribution >= 4 is 27.7 Å². The topological polar surface area (TPSA) is 22.0 Å². The van der Waals surface area contributed by atoms with Gasteiger partial charge in [-0.25, -0.2) is 0 Å². The van der Waals surface area contributed by atoms with E-state index in [0.717, 1.165) is 12.3 Å². The second-order valence-corrected chi connectivity index (χ2v) is 5.54. The molecule has 1 aromatic carbocycles. The van der Waals surface area contributed by atoms with Gasteiger partial charge in [0.15, 0.2) is 0 Å². The normalized spacial score (nSPS) is 10.4. The minimum absolute atomic E-state index is 0.0289. The van der Waals surface area contributed by atoms with Crippen molar-refractivity contribution in [3.63, 3.8) is 0 Å². The molecule has 0 atom stereocenters. The molecule has 0 aliphatic rings. The highest BCUT2D eigenvalue weighted by Crippen LogP contribution is 2.16. The van der Waals surface area contributed by atoms with E-state index in [4.69, 9.17) is 0 Å². The van der Waals surface area contributed by atoms with Crippen LogP contribution in [-0.4, -0.2) is 10.3 Å². The number of thioether (sulfide) groups is 1. The van der Waals surface area contributed by atoms with Gasteiger partial charge in [0.25, 0.3) is 5.56 Å². The summed E-state index contributed by atoms with van der Waals surface area (Å²) in [6, 6.07) is 13.8. The van der Waals surface area contributed by atoms with Crippen LogP contribution in [0.5, 0.6) is 0 Å². The summed E-state index contributed by atoms with van der Waals surface area (Å²) in [7, 11) is 0. The summed E-state index contributed by atoms with van der Waals surface area (Å²) in [4.78, 5) is 12.9. The van der Waals surface area contributed by atoms with E-state index in [1.54, 1.807) is 22.4 Å². The summed E-state index contributed by atoms with van der Waals surface area (Å²) in [5.74, 6) is 0.889. The van der Waals surface area contributed by atoms with Gasteiger partial charge in [-0.2, -0.15) is 0 Å². The molecule has 0 saturated heterocycles. The fourth-order valence-electron chi connectivity index (χ4n) is 1.46. The van der Waals surface area contributed by atoms with E-state index >= 15 is 0 Å². The fraction of sp³-hybridized carbons (Fsp3) is 0.154. The number of aromatic nitrogens is 1. The van der Waals surface area contributed by atoms with Crippen LogP contribution in [0.4, 0.5) is 0 Å². The second-order valence-electron chi connectivity index (χ2n) is 3.52. The van der Waals surface area contributed by atoms with Crippen LogP contribution in [0.3, 0.4) is 0 Å². The molecule has 2 aromatic rings. The number of hydrogen-bond acceptors (Lipinski definition) is 2. The van der Waals surface area contributed by atoms with E-state index in [-0.39, 0.29) is 5.56 Å². The Morgan fingerprint density at radius 3 is 2.65 bits per heavy atom. The van der Waals surface area contributed by atoms with Crippen LogP contribution in [0.15, 0.2) is 62.8 Å². The van der Waals surface area contributed by atoms with Crippen molar-refractivity contribution in [1.29, 1.82) is 0 Å². The molecule has 4 heteroatoms. The molecule has 1 heterocycles. The highest BCUT2D eigenvalue weighted by molar-refractivity contribution is 9.10. The largest absolute Gasteiger partial charge is 0.314 e. The molecule has 0 radical (unpaired) electrons. The summed E-state index contributed by atoms with van der Waals surface area (Å²) < 4.78 is 2.34. The van der Waals surface area contributed by atoms with Crippen LogP contribution in [0.1, 0.15) is 0 Å². The summed E-state index contributed by atoms with van der Waals surface area (Å²) in [5, 5.41) is 0. The van der Waals surface area contributed by atoms with Gasteiger partial charge in [0.05, 0.1) is 4.47 Å². The highest BCUT2D eigenvalue weighted by atomic mass is 79.9. The zero-order valence-corrected chi connectivity index (χ0v) is 11.6. The quantitative estimate of drug-likeness (QED) is 0.808. The second kappa shape index (κ2) is 6.07. The Labute approximate surface area is 113 Å². The first-order valence-corrected chi connectivity index (χ1v) is 7.08. The summed E-state index contributed by atoms with van der Waals surface area (Å²) in [5.41, 5.74) is 0.0289. The first-order valence-electron chi connectivity index (χ1n) is 5.30. The van der Waals surface area contributed by atoms with E-state index in [1.165, 1.54) is 4.90 Å². The summed E-state index contributed by atoms with van der Waals surface area (Å²) >= 11 is 5.00. The third kappa shape index (κ3) is 3.48. The molecule has 0 amide bonds. The number of nitrogens with zero attached hydrogens (tertiary/aromatic N) is 1. The molecular weight excluding hydrogens is 298 g/mol. The van der Waals surface area contributed by atoms with Crippen LogP contribution in [0.2, 0.25) is 0 Å². The van der Waals surface area contributed by atoms with Crippen LogP contribution >= 0.6 is 27.7 Å². The van der Waals surface area contributed by atoms with E-state index in [0.29, 0.717) is 4.47 Å². The average Bonchev–Trinajstić information content (AvgIpc) is 2.36. The number of pyridine rings is 1. The van der Waals surface area contributed by atoms with Crippen LogP contribution in [-0.2, 0) is 6.54 Å². The lowest BCUT2D eigenvalue weighted by Gasteiger charge is -2.05. The van der Waals surface area contributed by atoms with Gasteiger partial charge in [0, 0.05) is 23.4 Å². The molecule has 2 nitrogen and oxygen atoms in total. The molecule has 0 aliphatic carbocycles. The molecule has 0 N–H and O–H groups in total. The summed E-state index contributed by atoms with van der Waals surface area (Å²) in [6.45, 7) is 0.720. The number of hydrogen-bond donors (Lipinski definition) is 0. The molecule has 0 bridgehead atoms. The smallest absolute Gasteiger partial charge is 0.264 e. The third-order valence-corrected chi connectivity index (χ3v) is 3.91. The molecule has 1 aromatic heterocycles. The zero-order chi connectivity index (χ0) is 12.1. The molecule has 88 valence electrons. The Balaban J connectivity index is 1.95. The van der Waals surface area contributed by atoms with Crippen molar-refractivity contribution in [2.45, 2.75) is 11.4 Å². The molecule has 0 saturated carbocycles. The summed E-state index contributed by atoms with van der Waals surface area (Å²) in [6.07, 6.45) is 1.82. The van der Waals surface area contributed by atoms with E-state index < -0.39 is 0 Å². The lowest BCUT2D eigenvalue weighted by Crippen LogP contribution is -2.20. The zero-order valence-electron chi connectivity index (χ0n) is 9.17. The first-order chi connectivity index (χ1) is 8.27. The molecular formula is C13H12BrNOS. The van der Waals surface area contributed by atoms with Gasteiger partial charge in [-0.15, -0.1) is 11.8 Å². The van der Waals surface area contributed by atoms with E-state index in [1.807, 2.05) is 30.5 Å². The van der Waals surface area contributed by atoms with Crippen molar-refractivity contribution in [3.05, 3.63) is 63.5 Å². The van der Waals surface area contributed by atoms with Crippen molar-refractivity contribution in [2.75, 3.05) is 5.75 Å². The molecule has 0 aliphatic heterocycles. The maximum Gasteiger partial charge on any atom is 0.264 e. The van der Waals surface area contributed by atoms with Gasteiger partial charge in [0.2, 0.25) is 0 Å². The predicted octanol–water partition coefficient (Wildman–Crippen LogP) is 3.40. The van der Waals surface area contributed by atoms with E-state index in [2.05, 4.69) is 28.1 Å². The van der Waals surface area contributed by atoms with Gasteiger partial charge >= 0.3 is 0 Å². The van der Waals surface area contributed by atoms with Gasteiger partial charge in [-0.3, -0.25) is 4.79 Å². The van der Waals surface area contributed by atoms with Gasteiger partial charge < -0.3 is 4.57 Å². The molecule has 0 fully saturated rings. The van der Waals surface area contributed by atoms with E-state index in [9.17, 15) is 4.79 Å². The van der Waals surface area contributed by atoms with Crippen LogP contribution in [0, 0.1) is 0 Å². The lowest BCUT2D eigenvalue weighted by molar-refractivity contribution is 0.731. The number of halogens is 1. The number of benzene rings is 1. The maximum absolute atomic E-state index is 11.7. The predicted molar refractivity (Wildman–Crippen MR) is 75.6 cm³/mol. The minimum atomic E-state index is 0.0289. The van der Waals surface area contributed by atoms with Crippen LogP contribution in [0.25, 0.3) is 0 Å². The molecule has 0 unspecified atom stereocenters. The van der Waals surface area contributed by atoms with Gasteiger partial charge in [-0.1, -0.05) is 18.2 Å². The average molecular weight is 310 g/mol. The van der Waals surface area contributed by atoms with Crippen molar-refractivity contribution in [3.8, 4) is 0 Å². The number of rotatable bonds is 4. The third-order valence-electron chi connectivity index (χ3n) is 2.32. The van der Waals surface area contributed by atoms with Crippen molar-refractivity contribution in [2.24, 2.45) is 0 Å². The lowest BCUT2D eigenvalue weighted by atomic mass is 10.4. The number of aryl methyl sites for hydroxylation is 1. The van der Waals surface area contributed by atoms with Crippen LogP contribution < -0.4 is 5.56 Å². The fourth-order valence-corrected chi connectivity index (χ4v) is 2.72. The SMILES string of the molecule is O=c1c(Br)cccn1CCSc1ccccc1. The maximum atomic E-state index is 11.7. The Morgan fingerprint density at radius 2 is 1.88 bits per heavy atom. The Morgan fingerprint density at radius 1 is 1.12 bits per heavy atom. The minimum Gasteiger partial charge on any atom is -0.314 e. The van der Waals surface area contributed by atoms with Gasteiger partial charge in [0.1, 0.15) is 0 Å². The molecule has 2 rings (SSSR count). The van der Waals surface area contributed by atoms with Gasteiger partial charge in [-0.05, 0) is 40.2 Å². The Hall–Kier alpha value is -1.00. The monoisotopic (exact) mass is 309 g/mol. The van der Waals surface area contributed by atoms with Crippen molar-refractivity contribution < 1.29 is 0 Å². The van der Waals surface area contributed by atoms with Crippen molar-refractivity contribution in [1.82, 2.24) is 4.57 Å². The Kier molecular flexibility index (Phi) is 4.45. The molecule has 17 heavy (non-hydrogen) atoms.